The van der Waals surface area contributed by atoms with Gasteiger partial charge in [0.05, 0.1) is 5.02 Å². The maximum Gasteiger partial charge on any atom is 0.263 e. The number of halogens is 1. The Hall–Kier alpha value is -1.26. The lowest BCUT2D eigenvalue weighted by Crippen LogP contribution is -2.10. The number of hydrogen-bond donors (Lipinski definition) is 1. The van der Waals surface area contributed by atoms with Crippen LogP contribution in [0.25, 0.3) is 11.0 Å². The predicted octanol–water partition coefficient (Wildman–Crippen LogP) is 1.82. The molecule has 0 atom stereocenters. The summed E-state index contributed by atoms with van der Waals surface area (Å²) in [4.78, 5) is 0. The van der Waals surface area contributed by atoms with Gasteiger partial charge in [-0.05, 0) is 17.3 Å². The van der Waals surface area contributed by atoms with Gasteiger partial charge in [-0.1, -0.05) is 17.7 Å². The molecule has 5 heteroatoms. The molecule has 0 saturated heterocycles. The Bertz CT molecular complexity index is 441. The van der Waals surface area contributed by atoms with Crippen LogP contribution in [-0.2, 0) is 0 Å². The molecule has 1 aromatic heterocycles. The summed E-state index contributed by atoms with van der Waals surface area (Å²) >= 11 is 5.97. The first-order valence-electron chi connectivity index (χ1n) is 4.19. The second-order valence-corrected chi connectivity index (χ2v) is 3.15. The van der Waals surface area contributed by atoms with Gasteiger partial charge in [-0.3, -0.25) is 0 Å². The van der Waals surface area contributed by atoms with Crippen molar-refractivity contribution in [1.82, 2.24) is 5.16 Å². The number of rotatable bonds is 3. The molecule has 0 radical (unpaired) electrons. The third-order valence-corrected chi connectivity index (χ3v) is 2.09. The van der Waals surface area contributed by atoms with Gasteiger partial charge in [0.25, 0.3) is 5.88 Å². The van der Waals surface area contributed by atoms with Crippen LogP contribution in [0.3, 0.4) is 0 Å². The fourth-order valence-corrected chi connectivity index (χ4v) is 1.43. The van der Waals surface area contributed by atoms with Crippen LogP contribution >= 0.6 is 11.6 Å². The first kappa shape index (κ1) is 9.30. The van der Waals surface area contributed by atoms with E-state index in [4.69, 9.17) is 26.6 Å². The van der Waals surface area contributed by atoms with Gasteiger partial charge in [-0.15, -0.1) is 0 Å². The molecule has 0 aliphatic heterocycles. The Morgan fingerprint density at radius 3 is 3.14 bits per heavy atom. The van der Waals surface area contributed by atoms with Crippen molar-refractivity contribution in [3.63, 3.8) is 0 Å². The van der Waals surface area contributed by atoms with E-state index < -0.39 is 0 Å². The molecule has 74 valence electrons. The standard InChI is InChI=1S/C9H9ClN2O2/c10-6-2-1-3-7-8(6)9(12-14-7)13-5-4-11/h1-3H,4-5,11H2. The summed E-state index contributed by atoms with van der Waals surface area (Å²) in [6.45, 7) is 0.825. The van der Waals surface area contributed by atoms with E-state index in [1.165, 1.54) is 0 Å². The number of ether oxygens (including phenoxy) is 1. The van der Waals surface area contributed by atoms with Gasteiger partial charge < -0.3 is 15.0 Å². The van der Waals surface area contributed by atoms with Crippen molar-refractivity contribution < 1.29 is 9.26 Å². The molecule has 0 unspecified atom stereocenters. The predicted molar refractivity (Wildman–Crippen MR) is 53.6 cm³/mol. The van der Waals surface area contributed by atoms with Crippen LogP contribution in [0.15, 0.2) is 22.7 Å². The quantitative estimate of drug-likeness (QED) is 0.843. The molecule has 0 amide bonds. The van der Waals surface area contributed by atoms with E-state index in [-0.39, 0.29) is 0 Å². The van der Waals surface area contributed by atoms with Gasteiger partial charge in [0.2, 0.25) is 0 Å². The summed E-state index contributed by atoms with van der Waals surface area (Å²) in [5.74, 6) is 0.399. The Labute approximate surface area is 85.6 Å². The third-order valence-electron chi connectivity index (χ3n) is 1.77. The molecule has 0 aliphatic rings. The molecule has 4 nitrogen and oxygen atoms in total. The van der Waals surface area contributed by atoms with Crippen LogP contribution in [0.1, 0.15) is 0 Å². The van der Waals surface area contributed by atoms with E-state index in [0.29, 0.717) is 35.0 Å². The zero-order valence-corrected chi connectivity index (χ0v) is 8.12. The van der Waals surface area contributed by atoms with Crippen molar-refractivity contribution >= 4 is 22.6 Å². The number of aromatic nitrogens is 1. The number of nitrogens with zero attached hydrogens (tertiary/aromatic N) is 1. The molecule has 2 N–H and O–H groups in total. The lowest BCUT2D eigenvalue weighted by atomic mass is 10.2. The van der Waals surface area contributed by atoms with Crippen molar-refractivity contribution in [2.24, 2.45) is 5.73 Å². The van der Waals surface area contributed by atoms with Crippen LogP contribution in [0.4, 0.5) is 0 Å². The van der Waals surface area contributed by atoms with Crippen LogP contribution in [-0.4, -0.2) is 18.3 Å². The third kappa shape index (κ3) is 1.54. The molecular weight excluding hydrogens is 204 g/mol. The number of benzene rings is 1. The van der Waals surface area contributed by atoms with Crippen molar-refractivity contribution in [2.45, 2.75) is 0 Å². The van der Waals surface area contributed by atoms with Gasteiger partial charge in [0, 0.05) is 6.54 Å². The van der Waals surface area contributed by atoms with Crippen LogP contribution in [0, 0.1) is 0 Å². The van der Waals surface area contributed by atoms with Crippen LogP contribution < -0.4 is 10.5 Å². The van der Waals surface area contributed by atoms with E-state index in [9.17, 15) is 0 Å². The van der Waals surface area contributed by atoms with Crippen molar-refractivity contribution in [1.29, 1.82) is 0 Å². The van der Waals surface area contributed by atoms with Crippen LogP contribution in [0.2, 0.25) is 5.02 Å². The SMILES string of the molecule is NCCOc1noc2cccc(Cl)c12. The monoisotopic (exact) mass is 212 g/mol. The van der Waals surface area contributed by atoms with E-state index >= 15 is 0 Å². The van der Waals surface area contributed by atoms with Gasteiger partial charge in [0.15, 0.2) is 5.58 Å². The van der Waals surface area contributed by atoms with E-state index in [1.54, 1.807) is 18.2 Å². The first-order valence-corrected chi connectivity index (χ1v) is 4.57. The first-order chi connectivity index (χ1) is 6.83. The molecule has 14 heavy (non-hydrogen) atoms. The number of fused-ring (bicyclic) bond motifs is 1. The summed E-state index contributed by atoms with van der Waals surface area (Å²) in [5.41, 5.74) is 5.93. The van der Waals surface area contributed by atoms with Gasteiger partial charge >= 0.3 is 0 Å². The second kappa shape index (κ2) is 3.86. The molecule has 1 heterocycles. The molecule has 0 fully saturated rings. The highest BCUT2D eigenvalue weighted by Gasteiger charge is 2.11. The lowest BCUT2D eigenvalue weighted by molar-refractivity contribution is 0.293. The van der Waals surface area contributed by atoms with Crippen LogP contribution in [0.5, 0.6) is 5.88 Å². The lowest BCUT2D eigenvalue weighted by Gasteiger charge is -1.99. The van der Waals surface area contributed by atoms with E-state index in [1.807, 2.05) is 0 Å². The molecule has 0 saturated carbocycles. The highest BCUT2D eigenvalue weighted by molar-refractivity contribution is 6.35. The fourth-order valence-electron chi connectivity index (χ4n) is 1.18. The fraction of sp³-hybridized carbons (Fsp3) is 0.222. The Kier molecular flexibility index (Phi) is 2.56. The van der Waals surface area contributed by atoms with E-state index in [2.05, 4.69) is 5.16 Å². The summed E-state index contributed by atoms with van der Waals surface area (Å²) in [6.07, 6.45) is 0. The normalized spacial score (nSPS) is 10.7. The maximum absolute atomic E-state index is 5.97. The second-order valence-electron chi connectivity index (χ2n) is 2.74. The molecule has 0 spiro atoms. The minimum absolute atomic E-state index is 0.396. The maximum atomic E-state index is 5.97. The Morgan fingerprint density at radius 1 is 1.50 bits per heavy atom. The molecule has 0 bridgehead atoms. The van der Waals surface area contributed by atoms with Crippen molar-refractivity contribution in [3.05, 3.63) is 23.2 Å². The Balaban J connectivity index is 2.45. The average molecular weight is 213 g/mol. The zero-order valence-electron chi connectivity index (χ0n) is 7.37. The minimum Gasteiger partial charge on any atom is -0.474 e. The molecule has 0 aliphatic carbocycles. The number of hydrogen-bond acceptors (Lipinski definition) is 4. The van der Waals surface area contributed by atoms with Gasteiger partial charge in [0.1, 0.15) is 12.0 Å². The van der Waals surface area contributed by atoms with Gasteiger partial charge in [-0.25, -0.2) is 0 Å². The average Bonchev–Trinajstić information content (AvgIpc) is 2.59. The Morgan fingerprint density at radius 2 is 2.36 bits per heavy atom. The minimum atomic E-state index is 0.396. The summed E-state index contributed by atoms with van der Waals surface area (Å²) in [6, 6.07) is 5.34. The van der Waals surface area contributed by atoms with Crippen molar-refractivity contribution in [2.75, 3.05) is 13.2 Å². The largest absolute Gasteiger partial charge is 0.474 e. The van der Waals surface area contributed by atoms with Gasteiger partial charge in [-0.2, -0.15) is 0 Å². The smallest absolute Gasteiger partial charge is 0.263 e. The molecule has 2 rings (SSSR count). The molecule has 2 aromatic rings. The van der Waals surface area contributed by atoms with E-state index in [0.717, 1.165) is 0 Å². The highest BCUT2D eigenvalue weighted by Crippen LogP contribution is 2.31. The molecular formula is C9H9ClN2O2. The summed E-state index contributed by atoms with van der Waals surface area (Å²) in [5, 5.41) is 5.02. The topological polar surface area (TPSA) is 61.3 Å². The zero-order chi connectivity index (χ0) is 9.97. The summed E-state index contributed by atoms with van der Waals surface area (Å²) < 4.78 is 10.3. The molecule has 1 aromatic carbocycles. The number of nitrogens with two attached hydrogens (primary N) is 1. The highest BCUT2D eigenvalue weighted by atomic mass is 35.5. The van der Waals surface area contributed by atoms with Crippen molar-refractivity contribution in [3.8, 4) is 5.88 Å². The summed E-state index contributed by atoms with van der Waals surface area (Å²) in [7, 11) is 0.